The molecule has 0 radical (unpaired) electrons. The van der Waals surface area contributed by atoms with Gasteiger partial charge < -0.3 is 49.7 Å². The molecule has 38 heteroatoms. The summed E-state index contributed by atoms with van der Waals surface area (Å²) < 4.78 is 22.6. The molecule has 0 bridgehead atoms. The number of esters is 2. The Kier molecular flexibility index (Phi) is 51.1. The molecule has 5 aliphatic heterocycles. The summed E-state index contributed by atoms with van der Waals surface area (Å²) in [6.07, 6.45) is 8.59. The van der Waals surface area contributed by atoms with Crippen LogP contribution in [-0.2, 0) is 124 Å². The molecule has 0 aliphatic carbocycles. The number of quaternary nitrogens is 1. The number of likely N-dealkylation sites (tertiary alicyclic amines) is 3. The number of carbonyl (C=O) groups excluding carboxylic acids is 12. The van der Waals surface area contributed by atoms with Crippen LogP contribution in [0.2, 0.25) is 0 Å². The van der Waals surface area contributed by atoms with E-state index in [4.69, 9.17) is 25.7 Å². The number of unbranched alkanes of at least 4 members (excludes halogenated alkanes) is 1. The van der Waals surface area contributed by atoms with Gasteiger partial charge in [-0.05, 0) is 96.1 Å². The van der Waals surface area contributed by atoms with Crippen molar-refractivity contribution in [1.29, 1.82) is 0 Å². The van der Waals surface area contributed by atoms with Crippen LogP contribution in [0.4, 0.5) is 22.7 Å². The predicted octanol–water partition coefficient (Wildman–Crippen LogP) is 1.80. The van der Waals surface area contributed by atoms with Crippen molar-refractivity contribution in [3.05, 3.63) is 192 Å². The first-order valence-corrected chi connectivity index (χ1v) is 36.2. The Bertz CT molecular complexity index is 3790. The number of ketones is 2. The zero-order valence-corrected chi connectivity index (χ0v) is 63.9. The average molecular weight is 1610 g/mol. The maximum atomic E-state index is 11.8. The summed E-state index contributed by atoms with van der Waals surface area (Å²) in [5.74, 6) is -2.73. The number of carboxylic acids is 1. The monoisotopic (exact) mass is 1610 g/mol. The van der Waals surface area contributed by atoms with Gasteiger partial charge in [0.1, 0.15) is 32.1 Å². The Morgan fingerprint density at radius 2 is 0.853 bits per heavy atom. The van der Waals surface area contributed by atoms with E-state index in [1.165, 1.54) is 64.4 Å². The number of cyclic esters (lactones) is 2. The van der Waals surface area contributed by atoms with Crippen molar-refractivity contribution in [2.75, 3.05) is 52.6 Å². The Labute approximate surface area is 662 Å². The van der Waals surface area contributed by atoms with E-state index in [0.717, 1.165) is 58.5 Å². The standard InChI is InChI=1S/C18H21NO5.C12H12N2O4.C12H14N2O2.C9H8ClNO3.C9H9NO4.C4H4O4.C4H9.C3H5NO.Cl2OS.ClH.Li/c1-13(20)11-24-12-16(21)10-15-4-2-14(3-5-15)6-7-17(22)19-9-8-18(19)23;15-11(13-8-7-12(13)16)6-3-9-1-4-10(5-2-9)14(17)18;13-10-4-1-9(2-5-10)3-6-11(15)14-8-7-12(14)16;10-9(12)6-3-7-1-4-8(5-2-7)11(13)14;11-9(12)6-3-7-1-4-8(5-2-7)10(13)14;5-3-1-7-2-4(6)8-3;1-3-4-2;5-3-1-2-4-3;1-4(2)3;;/h2-5H,6-12H2,1H3;1-2,4-5H,3,6-8H2;1-2,4-5H,3,6-8,13H2;1-2,4-5H,3,6H2;1-2,4-5H,3,6H2,(H,11,12);1-2H2;1,3-4H2,2H3;1-2H2,(H,4,5);;1H;/q;;;;;;-1;;;;+1. The Morgan fingerprint density at radius 3 is 1.08 bits per heavy atom. The maximum Gasteiger partial charge on any atom is 1.00 e. The summed E-state index contributed by atoms with van der Waals surface area (Å²) in [6.45, 7) is 9.33. The van der Waals surface area contributed by atoms with E-state index in [2.05, 4.69) is 55.7 Å². The molecule has 5 aromatic carbocycles. The van der Waals surface area contributed by atoms with Crippen LogP contribution >= 0.6 is 33.0 Å². The molecule has 0 spiro atoms. The van der Waals surface area contributed by atoms with Crippen LogP contribution < -0.4 is 42.3 Å². The van der Waals surface area contributed by atoms with Crippen molar-refractivity contribution in [3.8, 4) is 0 Å². The maximum absolute atomic E-state index is 11.8. The largest absolute Gasteiger partial charge is 1.00 e. The number of carboxylic acid groups (broad SMARTS) is 1. The molecule has 5 saturated heterocycles. The fourth-order valence-electron chi connectivity index (χ4n) is 8.49. The number of amides is 7. The number of nitro benzene ring substituents is 3. The molecule has 0 unspecified atom stereocenters. The third kappa shape index (κ3) is 44.6. The number of nitro groups is 3. The molecule has 0 saturated carbocycles. The first-order valence-electron chi connectivity index (χ1n) is 33.0. The topological polar surface area (TPSA) is 466 Å². The van der Waals surface area contributed by atoms with E-state index in [0.29, 0.717) is 83.8 Å². The number of carbonyl (C=O) groups is 13. The number of non-ortho nitro benzene ring substituents is 3. The van der Waals surface area contributed by atoms with Crippen molar-refractivity contribution >= 4 is 141 Å². The second-order valence-electron chi connectivity index (χ2n) is 23.1. The van der Waals surface area contributed by atoms with Gasteiger partial charge in [0.05, 0.1) is 14.8 Å². The molecule has 5 aliphatic rings. The zero-order chi connectivity index (χ0) is 80.0. The van der Waals surface area contributed by atoms with Gasteiger partial charge in [-0.3, -0.25) is 97.8 Å². The minimum atomic E-state index is -1.67. The fourth-order valence-corrected chi connectivity index (χ4v) is 8.58. The number of halogens is 4. The Balaban J connectivity index is 0.00000126. The summed E-state index contributed by atoms with van der Waals surface area (Å²) in [4.78, 5) is 175. The van der Waals surface area contributed by atoms with Crippen molar-refractivity contribution in [3.63, 3.8) is 0 Å². The number of rotatable bonds is 25. The number of β-lactam (4-membered cyclic amide) rings is 4. The Hall–Kier alpha value is -9.40. The first-order chi connectivity index (χ1) is 50.7. The zero-order valence-electron chi connectivity index (χ0n) is 60.1. The van der Waals surface area contributed by atoms with Crippen LogP contribution in [0.25, 0.3) is 0 Å². The normalized spacial score (nSPS) is 13.0. The van der Waals surface area contributed by atoms with Crippen LogP contribution in [-0.4, -0.2) is 167 Å². The molecule has 7 amide bonds. The van der Waals surface area contributed by atoms with Crippen molar-refractivity contribution < 1.29 is 138 Å². The summed E-state index contributed by atoms with van der Waals surface area (Å²) in [6, 6.07) is 33.3. The second kappa shape index (κ2) is 55.9. The SMILES string of the molecule is CC(=O)COCC(=O)Cc1ccc(CCC(=O)N2CCC2=O)cc1.O=C(CCc1ccc([N+](=O)[O-])cc1)N1CCC1=O.O=C(Cl)CCc1ccc([N+](=O)[O-])cc1.O=C(O)CCc1ccc([N+](=O)[O-])cc1.O=C1CCN1.O=C1COCC(=O)O1.O=S(Cl)Cl.[CH2-]CCC.[Cl-].[Li+].[NH3+]c1ccc(CCC(=O)N2CCC2=O)cc1. The molecule has 0 atom stereocenters. The van der Waals surface area contributed by atoms with E-state index in [-0.39, 0.29) is 153 Å². The van der Waals surface area contributed by atoms with Crippen molar-refractivity contribution in [1.82, 2.24) is 20.0 Å². The number of hydrogen-bond donors (Lipinski definition) is 3. The molecule has 5 heterocycles. The van der Waals surface area contributed by atoms with Crippen LogP contribution in [0.5, 0.6) is 0 Å². The third-order valence-corrected chi connectivity index (χ3v) is 14.9. The molecule has 10 rings (SSSR count). The first kappa shape index (κ1) is 99.6. The summed E-state index contributed by atoms with van der Waals surface area (Å²) in [5, 5.41) is 41.6. The second-order valence-corrected chi connectivity index (χ2v) is 26.1. The van der Waals surface area contributed by atoms with Gasteiger partial charge in [-0.25, -0.2) is 13.8 Å². The van der Waals surface area contributed by atoms with Gasteiger partial charge in [-0.1, -0.05) is 86.1 Å². The van der Waals surface area contributed by atoms with E-state index in [1.54, 1.807) is 36.4 Å². The summed E-state index contributed by atoms with van der Waals surface area (Å²) >= 11 is 5.16. The fraction of sp³-hybridized carbons (Fsp3) is 0.380. The minimum Gasteiger partial charge on any atom is -1.00 e. The van der Waals surface area contributed by atoms with Crippen molar-refractivity contribution in [2.24, 2.45) is 0 Å². The molecular weight excluding hydrogens is 1530 g/mol. The number of Topliss-reactive ketones (excluding diaryl/α,β-unsaturated/α-hetero) is 2. The number of benzene rings is 5. The van der Waals surface area contributed by atoms with Gasteiger partial charge in [-0.2, -0.15) is 6.42 Å². The van der Waals surface area contributed by atoms with Gasteiger partial charge in [0.15, 0.2) is 11.6 Å². The number of nitrogens with zero attached hydrogens (tertiary/aromatic N) is 6. The van der Waals surface area contributed by atoms with Crippen LogP contribution in [0.3, 0.4) is 0 Å². The molecule has 5 N–H and O–H groups in total. The van der Waals surface area contributed by atoms with Crippen LogP contribution in [0.15, 0.2) is 121 Å². The van der Waals surface area contributed by atoms with E-state index in [9.17, 15) is 92.7 Å². The molecule has 32 nitrogen and oxygen atoms in total. The van der Waals surface area contributed by atoms with Crippen LogP contribution in [0, 0.1) is 37.3 Å². The number of nitrogens with one attached hydrogen (secondary N) is 1. The molecular formula is C71H83Cl4LiN8O24S. The number of imide groups is 3. The molecule has 5 fully saturated rings. The van der Waals surface area contributed by atoms with E-state index < -0.39 is 47.1 Å². The van der Waals surface area contributed by atoms with E-state index >= 15 is 0 Å². The van der Waals surface area contributed by atoms with Gasteiger partial charge in [-0.15, -0.1) is 0 Å². The van der Waals surface area contributed by atoms with Crippen LogP contribution in [0.1, 0.15) is 118 Å². The number of aliphatic carboxylic acids is 1. The quantitative estimate of drug-likeness (QED) is 0.0110. The Morgan fingerprint density at radius 1 is 0.560 bits per heavy atom. The summed E-state index contributed by atoms with van der Waals surface area (Å²) in [5.41, 5.74) is 10.3. The number of hydrogen-bond acceptors (Lipinski definition) is 23. The molecule has 5 aromatic rings. The third-order valence-electron chi connectivity index (χ3n) is 14.7. The molecule has 586 valence electrons. The minimum absolute atomic E-state index is 0. The summed E-state index contributed by atoms with van der Waals surface area (Å²) in [7, 11) is 7.36. The average Bonchev–Trinajstić information content (AvgIpc) is 0.854. The van der Waals surface area contributed by atoms with E-state index in [1.807, 2.05) is 48.5 Å². The van der Waals surface area contributed by atoms with Gasteiger partial charge in [0, 0.05) is 148 Å². The number of ether oxygens (including phenoxy) is 3. The predicted molar refractivity (Wildman–Crippen MR) is 389 cm³/mol. The van der Waals surface area contributed by atoms with Gasteiger partial charge in [0.2, 0.25) is 55.8 Å². The molecule has 0 aromatic heterocycles. The van der Waals surface area contributed by atoms with Gasteiger partial charge in [0.25, 0.3) is 17.1 Å². The molecule has 109 heavy (non-hydrogen) atoms. The van der Waals surface area contributed by atoms with Crippen molar-refractivity contribution in [2.45, 2.75) is 123 Å². The number of aryl methyl sites for hydroxylation is 5. The smallest absolute Gasteiger partial charge is 1.00 e. The van der Waals surface area contributed by atoms with Gasteiger partial charge >= 0.3 is 36.8 Å².